The summed E-state index contributed by atoms with van der Waals surface area (Å²) in [5.41, 5.74) is -0.189. The molecule has 0 aliphatic carbocycles. The molecule has 1 aromatic carbocycles. The van der Waals surface area contributed by atoms with Crippen molar-refractivity contribution in [2.75, 3.05) is 0 Å². The molecule has 0 unspecified atom stereocenters. The molecule has 0 radical (unpaired) electrons. The fourth-order valence-corrected chi connectivity index (χ4v) is 2.16. The van der Waals surface area contributed by atoms with Crippen molar-refractivity contribution >= 4 is 11.6 Å². The van der Waals surface area contributed by atoms with E-state index in [9.17, 15) is 24.1 Å². The molecule has 24 heavy (non-hydrogen) atoms. The van der Waals surface area contributed by atoms with E-state index in [-0.39, 0.29) is 36.8 Å². The van der Waals surface area contributed by atoms with Gasteiger partial charge in [-0.05, 0) is 30.7 Å². The van der Waals surface area contributed by atoms with Crippen molar-refractivity contribution in [2.45, 2.75) is 26.4 Å². The van der Waals surface area contributed by atoms with Crippen LogP contribution in [0.25, 0.3) is 0 Å². The molecule has 7 nitrogen and oxygen atoms in total. The molecule has 126 valence electrons. The highest BCUT2D eigenvalue weighted by molar-refractivity contribution is 5.75. The van der Waals surface area contributed by atoms with Gasteiger partial charge < -0.3 is 9.88 Å². The molecule has 0 aliphatic rings. The summed E-state index contributed by atoms with van der Waals surface area (Å²) in [5, 5.41) is 13.5. The molecule has 1 amide bonds. The summed E-state index contributed by atoms with van der Waals surface area (Å²) in [6, 6.07) is 7.18. The third-order valence-corrected chi connectivity index (χ3v) is 3.51. The number of benzene rings is 1. The lowest BCUT2D eigenvalue weighted by molar-refractivity contribution is -0.387. The van der Waals surface area contributed by atoms with Crippen LogP contribution in [0.5, 0.6) is 0 Å². The molecule has 0 saturated heterocycles. The molecular formula is C16H16FN3O4. The molecule has 0 spiro atoms. The highest BCUT2D eigenvalue weighted by atomic mass is 19.1. The summed E-state index contributed by atoms with van der Waals surface area (Å²) in [6.07, 6.45) is 1.43. The molecule has 8 heteroatoms. The zero-order valence-corrected chi connectivity index (χ0v) is 13.0. The molecule has 1 N–H and O–H groups in total. The Labute approximate surface area is 136 Å². The van der Waals surface area contributed by atoms with Crippen molar-refractivity contribution in [3.05, 3.63) is 73.9 Å². The van der Waals surface area contributed by atoms with E-state index in [0.717, 1.165) is 10.1 Å². The van der Waals surface area contributed by atoms with Gasteiger partial charge in [-0.25, -0.2) is 4.39 Å². The van der Waals surface area contributed by atoms with E-state index in [4.69, 9.17) is 0 Å². The summed E-state index contributed by atoms with van der Waals surface area (Å²) < 4.78 is 13.9. The molecule has 0 atom stereocenters. The smallest absolute Gasteiger partial charge is 0.336 e. The maximum absolute atomic E-state index is 12.8. The van der Waals surface area contributed by atoms with Gasteiger partial charge in [0.1, 0.15) is 5.82 Å². The maximum Gasteiger partial charge on any atom is 0.336 e. The van der Waals surface area contributed by atoms with Gasteiger partial charge >= 0.3 is 11.2 Å². The quantitative estimate of drug-likeness (QED) is 0.645. The molecule has 2 rings (SSSR count). The number of amides is 1. The Morgan fingerprint density at radius 1 is 1.29 bits per heavy atom. The minimum atomic E-state index is -0.730. The summed E-state index contributed by atoms with van der Waals surface area (Å²) in [6.45, 7) is 1.76. The van der Waals surface area contributed by atoms with Crippen molar-refractivity contribution in [2.24, 2.45) is 0 Å². The van der Waals surface area contributed by atoms with Crippen LogP contribution in [0.4, 0.5) is 10.1 Å². The normalized spacial score (nSPS) is 10.4. The van der Waals surface area contributed by atoms with Gasteiger partial charge in [-0.2, -0.15) is 0 Å². The Hall–Kier alpha value is -3.03. The minimum absolute atomic E-state index is 0.00131. The number of rotatable bonds is 6. The average Bonchev–Trinajstić information content (AvgIpc) is 2.53. The number of nitrogens with one attached hydrogen (secondary N) is 1. The van der Waals surface area contributed by atoms with Crippen molar-refractivity contribution in [1.82, 2.24) is 9.88 Å². The van der Waals surface area contributed by atoms with Crippen LogP contribution in [0.1, 0.15) is 17.5 Å². The number of hydrogen-bond donors (Lipinski definition) is 1. The lowest BCUT2D eigenvalue weighted by atomic mass is 10.2. The second-order valence-electron chi connectivity index (χ2n) is 5.26. The largest absolute Gasteiger partial charge is 0.352 e. The second-order valence-corrected chi connectivity index (χ2v) is 5.26. The summed E-state index contributed by atoms with van der Waals surface area (Å²) in [4.78, 5) is 34.0. The molecular weight excluding hydrogens is 317 g/mol. The van der Waals surface area contributed by atoms with Gasteiger partial charge in [0.2, 0.25) is 5.91 Å². The van der Waals surface area contributed by atoms with Gasteiger partial charge in [-0.15, -0.1) is 0 Å². The third-order valence-electron chi connectivity index (χ3n) is 3.51. The van der Waals surface area contributed by atoms with Gasteiger partial charge in [0, 0.05) is 31.3 Å². The monoisotopic (exact) mass is 333 g/mol. The van der Waals surface area contributed by atoms with E-state index in [0.29, 0.717) is 0 Å². The van der Waals surface area contributed by atoms with Crippen LogP contribution < -0.4 is 10.9 Å². The van der Waals surface area contributed by atoms with Gasteiger partial charge in [0.15, 0.2) is 0 Å². The number of nitrogens with zero attached hydrogens (tertiary/aromatic N) is 2. The fraction of sp³-hybridized carbons (Fsp3) is 0.250. The summed E-state index contributed by atoms with van der Waals surface area (Å²) >= 11 is 0. The van der Waals surface area contributed by atoms with Gasteiger partial charge in [-0.1, -0.05) is 12.1 Å². The number of aryl methyl sites for hydroxylation is 2. The van der Waals surface area contributed by atoms with Crippen molar-refractivity contribution in [3.63, 3.8) is 0 Å². The topological polar surface area (TPSA) is 94.2 Å². The Morgan fingerprint density at radius 3 is 2.58 bits per heavy atom. The van der Waals surface area contributed by atoms with Crippen molar-refractivity contribution < 1.29 is 14.1 Å². The first-order valence-electron chi connectivity index (χ1n) is 7.24. The first-order valence-corrected chi connectivity index (χ1v) is 7.24. The molecule has 1 aromatic heterocycles. The summed E-state index contributed by atoms with van der Waals surface area (Å²) in [5.74, 6) is -0.667. The summed E-state index contributed by atoms with van der Waals surface area (Å²) in [7, 11) is 0. The fourth-order valence-electron chi connectivity index (χ4n) is 2.16. The Balaban J connectivity index is 1.94. The predicted octanol–water partition coefficient (Wildman–Crippen LogP) is 1.91. The molecule has 0 fully saturated rings. The highest BCUT2D eigenvalue weighted by Gasteiger charge is 2.18. The number of halogens is 1. The first kappa shape index (κ1) is 17.3. The number of carbonyl (C=O) groups excluding carboxylic acids is 1. The van der Waals surface area contributed by atoms with E-state index < -0.39 is 16.2 Å². The van der Waals surface area contributed by atoms with Gasteiger partial charge in [0.25, 0.3) is 0 Å². The zero-order valence-electron chi connectivity index (χ0n) is 13.0. The van der Waals surface area contributed by atoms with Crippen LogP contribution in [0.15, 0.2) is 41.3 Å². The number of hydrogen-bond acceptors (Lipinski definition) is 4. The predicted molar refractivity (Wildman–Crippen MR) is 85.0 cm³/mol. The highest BCUT2D eigenvalue weighted by Crippen LogP contribution is 2.10. The lowest BCUT2D eigenvalue weighted by Crippen LogP contribution is -2.28. The Morgan fingerprint density at radius 2 is 1.96 bits per heavy atom. The Kier molecular flexibility index (Phi) is 5.41. The molecule has 0 saturated carbocycles. The van der Waals surface area contributed by atoms with E-state index in [1.165, 1.54) is 31.3 Å². The van der Waals surface area contributed by atoms with E-state index in [1.54, 1.807) is 12.1 Å². The Bertz CT molecular complexity index is 815. The molecule has 0 bridgehead atoms. The molecule has 1 heterocycles. The van der Waals surface area contributed by atoms with Crippen LogP contribution >= 0.6 is 0 Å². The number of pyridine rings is 1. The van der Waals surface area contributed by atoms with Crippen LogP contribution in [-0.4, -0.2) is 15.4 Å². The minimum Gasteiger partial charge on any atom is -0.352 e. The zero-order chi connectivity index (χ0) is 17.7. The van der Waals surface area contributed by atoms with Crippen molar-refractivity contribution in [1.29, 1.82) is 0 Å². The van der Waals surface area contributed by atoms with Gasteiger partial charge in [0.05, 0.1) is 4.92 Å². The number of nitro groups is 1. The second kappa shape index (κ2) is 7.49. The van der Waals surface area contributed by atoms with E-state index >= 15 is 0 Å². The third kappa shape index (κ3) is 4.25. The van der Waals surface area contributed by atoms with Crippen LogP contribution in [-0.2, 0) is 17.9 Å². The molecule has 2 aromatic rings. The number of aromatic nitrogens is 1. The van der Waals surface area contributed by atoms with Crippen LogP contribution in [0.3, 0.4) is 0 Å². The lowest BCUT2D eigenvalue weighted by Gasteiger charge is -2.08. The van der Waals surface area contributed by atoms with Crippen molar-refractivity contribution in [3.8, 4) is 0 Å². The molecule has 0 aliphatic heterocycles. The maximum atomic E-state index is 12.8. The SMILES string of the molecule is Cc1ccn(CCC(=O)NCc2ccc(F)cc2)c(=O)c1[N+](=O)[O-]. The van der Waals surface area contributed by atoms with E-state index in [1.807, 2.05) is 0 Å². The van der Waals surface area contributed by atoms with E-state index in [2.05, 4.69) is 5.32 Å². The number of carbonyl (C=O) groups is 1. The first-order chi connectivity index (χ1) is 11.4. The van der Waals surface area contributed by atoms with Gasteiger partial charge in [-0.3, -0.25) is 19.7 Å². The van der Waals surface area contributed by atoms with Crippen LogP contribution in [0, 0.1) is 22.9 Å². The van der Waals surface area contributed by atoms with Crippen LogP contribution in [0.2, 0.25) is 0 Å². The standard InChI is InChI=1S/C16H16FN3O4/c1-11-6-8-19(16(22)15(11)20(23)24)9-7-14(21)18-10-12-2-4-13(17)5-3-12/h2-6,8H,7,9-10H2,1H3,(H,18,21). The average molecular weight is 333 g/mol.